The van der Waals surface area contributed by atoms with Gasteiger partial charge in [0, 0.05) is 22.7 Å². The van der Waals surface area contributed by atoms with Crippen LogP contribution in [0.1, 0.15) is 58.9 Å². The average molecular weight is 853 g/mol. The Balaban J connectivity index is 1.06. The first-order valence-electron chi connectivity index (χ1n) is 22.4. The molecule has 3 aliphatic rings. The number of phenolic OH excluding ortho intramolecular Hbond substituents is 1. The number of anilines is 3. The molecule has 6 aromatic rings. The molecule has 0 spiro atoms. The fraction of sp³-hybridized carbons (Fsp3) is 0.273. The highest BCUT2D eigenvalue weighted by Gasteiger charge is 2.58. The maximum atomic E-state index is 14.7. The molecule has 2 fully saturated rings. The van der Waals surface area contributed by atoms with E-state index in [4.69, 9.17) is 9.16 Å². The standard InChI is InChI=1S/C55H56N2O5Si/c1-5-37(33-38-26-31-49(58)46-24-16-15-23-45(38)46)25-32-50-51-39(35-62-63(55(2,3)4,43-19-11-7-12-20-43)44-21-13-8-14-22-44)34-47-52(48(51)36-61-50)54(60)57(53(47)59)42-29-27-41(28-30-42)56-40-17-9-6-10-18-40/h6-24,26-31,33,47-48,50,52,56,58H,5,25,32,34-36H2,1-4H3/b37-33+/t47-,48+,50-,52-/m1/s1. The van der Waals surface area contributed by atoms with Crippen LogP contribution in [0.5, 0.6) is 5.75 Å². The minimum atomic E-state index is -2.95. The highest BCUT2D eigenvalue weighted by Crippen LogP contribution is 2.51. The van der Waals surface area contributed by atoms with Gasteiger partial charge in [-0.25, -0.2) is 0 Å². The first kappa shape index (κ1) is 42.2. The van der Waals surface area contributed by atoms with Gasteiger partial charge >= 0.3 is 0 Å². The summed E-state index contributed by atoms with van der Waals surface area (Å²) in [7, 11) is -2.95. The van der Waals surface area contributed by atoms with Crippen molar-refractivity contribution in [2.24, 2.45) is 17.8 Å². The van der Waals surface area contributed by atoms with Crippen molar-refractivity contribution in [2.75, 3.05) is 23.4 Å². The zero-order valence-corrected chi connectivity index (χ0v) is 37.6. The number of rotatable bonds is 13. The third-order valence-electron chi connectivity index (χ3n) is 13.6. The highest BCUT2D eigenvalue weighted by atomic mass is 28.4. The second-order valence-electron chi connectivity index (χ2n) is 18.2. The van der Waals surface area contributed by atoms with E-state index in [1.807, 2.05) is 78.9 Å². The van der Waals surface area contributed by atoms with Crippen LogP contribution in [-0.2, 0) is 18.8 Å². The van der Waals surface area contributed by atoms with Gasteiger partial charge in [-0.05, 0) is 106 Å². The fourth-order valence-electron chi connectivity index (χ4n) is 10.5. The lowest BCUT2D eigenvalue weighted by molar-refractivity contribution is -0.122. The zero-order chi connectivity index (χ0) is 43.7. The van der Waals surface area contributed by atoms with Crippen molar-refractivity contribution in [3.63, 3.8) is 0 Å². The van der Waals surface area contributed by atoms with Crippen LogP contribution in [0.2, 0.25) is 5.04 Å². The quantitative estimate of drug-likeness (QED) is 0.0684. The number of ether oxygens (including phenoxy) is 1. The predicted molar refractivity (Wildman–Crippen MR) is 257 cm³/mol. The Kier molecular flexibility index (Phi) is 11.8. The maximum Gasteiger partial charge on any atom is 0.261 e. The van der Waals surface area contributed by atoms with E-state index in [1.54, 1.807) is 6.07 Å². The molecule has 63 heavy (non-hydrogen) atoms. The molecule has 8 heteroatoms. The van der Waals surface area contributed by atoms with Gasteiger partial charge in [-0.15, -0.1) is 0 Å². The summed E-state index contributed by atoms with van der Waals surface area (Å²) in [6.07, 6.45) is 4.87. The van der Waals surface area contributed by atoms with Crippen LogP contribution in [0.25, 0.3) is 16.8 Å². The summed E-state index contributed by atoms with van der Waals surface area (Å²) in [5.74, 6) is -1.29. The van der Waals surface area contributed by atoms with Gasteiger partial charge in [-0.2, -0.15) is 0 Å². The summed E-state index contributed by atoms with van der Waals surface area (Å²) in [5.41, 5.74) is 7.00. The lowest BCUT2D eigenvalue weighted by atomic mass is 9.69. The number of para-hydroxylation sites is 1. The summed E-state index contributed by atoms with van der Waals surface area (Å²) in [5, 5.41) is 18.0. The van der Waals surface area contributed by atoms with Gasteiger partial charge in [0.15, 0.2) is 0 Å². The highest BCUT2D eigenvalue weighted by molar-refractivity contribution is 6.99. The molecule has 0 unspecified atom stereocenters. The molecule has 7 nitrogen and oxygen atoms in total. The fourth-order valence-corrected chi connectivity index (χ4v) is 15.1. The molecule has 320 valence electrons. The number of amides is 2. The Bertz CT molecular complexity index is 2630. The molecule has 1 aliphatic carbocycles. The molecule has 2 heterocycles. The van der Waals surface area contributed by atoms with Crippen molar-refractivity contribution < 1.29 is 23.9 Å². The summed E-state index contributed by atoms with van der Waals surface area (Å²) < 4.78 is 14.4. The second kappa shape index (κ2) is 17.6. The zero-order valence-electron chi connectivity index (χ0n) is 36.6. The smallest absolute Gasteiger partial charge is 0.261 e. The van der Waals surface area contributed by atoms with Crippen molar-refractivity contribution in [1.82, 2.24) is 0 Å². The predicted octanol–water partition coefficient (Wildman–Crippen LogP) is 11.0. The van der Waals surface area contributed by atoms with E-state index in [0.717, 1.165) is 58.1 Å². The van der Waals surface area contributed by atoms with Crippen LogP contribution < -0.4 is 20.6 Å². The molecular weight excluding hydrogens is 797 g/mol. The minimum Gasteiger partial charge on any atom is -0.507 e. The number of hydrogen-bond acceptors (Lipinski definition) is 6. The molecule has 9 rings (SSSR count). The largest absolute Gasteiger partial charge is 0.507 e. The van der Waals surface area contributed by atoms with Gasteiger partial charge in [0.2, 0.25) is 11.8 Å². The molecule has 2 amide bonds. The monoisotopic (exact) mass is 852 g/mol. The average Bonchev–Trinajstić information content (AvgIpc) is 3.84. The molecule has 0 saturated carbocycles. The number of hydrogen-bond donors (Lipinski definition) is 2. The second-order valence-corrected chi connectivity index (χ2v) is 22.5. The molecule has 0 aromatic heterocycles. The summed E-state index contributed by atoms with van der Waals surface area (Å²) in [6, 6.07) is 50.5. The van der Waals surface area contributed by atoms with Crippen LogP contribution in [0.3, 0.4) is 0 Å². The molecule has 6 aromatic carbocycles. The van der Waals surface area contributed by atoms with Crippen LogP contribution in [-0.4, -0.2) is 44.6 Å². The van der Waals surface area contributed by atoms with Gasteiger partial charge < -0.3 is 19.6 Å². The Morgan fingerprint density at radius 1 is 0.762 bits per heavy atom. The van der Waals surface area contributed by atoms with E-state index in [0.29, 0.717) is 25.3 Å². The van der Waals surface area contributed by atoms with Gasteiger partial charge in [0.1, 0.15) is 5.75 Å². The van der Waals surface area contributed by atoms with Crippen molar-refractivity contribution >= 4 is 64.4 Å². The molecule has 0 radical (unpaired) electrons. The van der Waals surface area contributed by atoms with E-state index in [-0.39, 0.29) is 34.6 Å². The van der Waals surface area contributed by atoms with Gasteiger partial charge in [-0.3, -0.25) is 14.5 Å². The SMILES string of the molecule is CC/C(=C\c1ccc(O)c2ccccc12)CC[C@H]1OC[C@H]2C1=C(CO[Si](c1ccccc1)(c1ccccc1)C(C)(C)C)C[C@H]1C(=O)N(c3ccc(Nc4ccccc4)cc3)C(=O)[C@H]12. The van der Waals surface area contributed by atoms with Gasteiger partial charge in [-0.1, -0.05) is 149 Å². The number of benzene rings is 6. The number of aromatic hydroxyl groups is 1. The van der Waals surface area contributed by atoms with E-state index in [9.17, 15) is 14.7 Å². The molecule has 2 aliphatic heterocycles. The number of carbonyl (C=O) groups excluding carboxylic acids is 2. The number of fused-ring (bicyclic) bond motifs is 4. The first-order valence-corrected chi connectivity index (χ1v) is 24.3. The Morgan fingerprint density at radius 3 is 2.00 bits per heavy atom. The number of carbonyl (C=O) groups is 2. The van der Waals surface area contributed by atoms with Crippen molar-refractivity contribution in [1.29, 1.82) is 0 Å². The van der Waals surface area contributed by atoms with Crippen LogP contribution in [0, 0.1) is 17.8 Å². The third kappa shape index (κ3) is 7.96. The summed E-state index contributed by atoms with van der Waals surface area (Å²) in [6.45, 7) is 9.76. The maximum absolute atomic E-state index is 14.7. The summed E-state index contributed by atoms with van der Waals surface area (Å²) in [4.78, 5) is 30.8. The van der Waals surface area contributed by atoms with E-state index in [1.165, 1.54) is 20.8 Å². The Morgan fingerprint density at radius 2 is 1.37 bits per heavy atom. The lowest BCUT2D eigenvalue weighted by Crippen LogP contribution is -2.66. The lowest BCUT2D eigenvalue weighted by Gasteiger charge is -2.44. The van der Waals surface area contributed by atoms with E-state index < -0.39 is 20.2 Å². The third-order valence-corrected chi connectivity index (χ3v) is 18.5. The van der Waals surface area contributed by atoms with Gasteiger partial charge in [0.25, 0.3) is 8.32 Å². The normalized spacial score (nSPS) is 20.3. The molecule has 4 atom stereocenters. The van der Waals surface area contributed by atoms with Crippen LogP contribution in [0.15, 0.2) is 168 Å². The van der Waals surface area contributed by atoms with Gasteiger partial charge in [0.05, 0.1) is 36.8 Å². The van der Waals surface area contributed by atoms with E-state index >= 15 is 0 Å². The minimum absolute atomic E-state index is 0.152. The van der Waals surface area contributed by atoms with Crippen LogP contribution in [0.4, 0.5) is 17.1 Å². The number of allylic oxidation sites excluding steroid dienone is 1. The van der Waals surface area contributed by atoms with Crippen molar-refractivity contribution in [3.8, 4) is 5.75 Å². The Hall–Kier alpha value is -6.06. The van der Waals surface area contributed by atoms with Crippen molar-refractivity contribution in [3.05, 3.63) is 174 Å². The van der Waals surface area contributed by atoms with Crippen molar-refractivity contribution in [2.45, 2.75) is 64.5 Å². The summed E-state index contributed by atoms with van der Waals surface area (Å²) >= 11 is 0. The number of nitrogens with zero attached hydrogens (tertiary/aromatic N) is 1. The number of phenols is 1. The Labute approximate surface area is 372 Å². The van der Waals surface area contributed by atoms with E-state index in [2.05, 4.69) is 106 Å². The molecule has 0 bridgehead atoms. The molecular formula is C55H56N2O5Si. The topological polar surface area (TPSA) is 88.1 Å². The number of imide groups is 1. The molecule has 2 N–H and O–H groups in total. The molecule has 2 saturated heterocycles. The first-order chi connectivity index (χ1) is 30.6. The number of nitrogens with one attached hydrogen (secondary N) is 1. The van der Waals surface area contributed by atoms with Crippen LogP contribution >= 0.6 is 0 Å².